The van der Waals surface area contributed by atoms with Crippen molar-refractivity contribution in [3.05, 3.63) is 36.7 Å². The topological polar surface area (TPSA) is 106 Å². The average Bonchev–Trinajstić information content (AvgIpc) is 3.16. The van der Waals surface area contributed by atoms with Gasteiger partial charge in [0.2, 0.25) is 0 Å². The Kier molecular flexibility index (Phi) is 3.94. The van der Waals surface area contributed by atoms with E-state index in [-0.39, 0.29) is 0 Å². The maximum absolute atomic E-state index is 5.88. The van der Waals surface area contributed by atoms with Crippen molar-refractivity contribution in [2.24, 2.45) is 0 Å². The van der Waals surface area contributed by atoms with Gasteiger partial charge in [-0.15, -0.1) is 10.2 Å². The number of rotatable bonds is 3. The molecule has 1 aliphatic heterocycles. The predicted molar refractivity (Wildman–Crippen MR) is 109 cm³/mol. The zero-order valence-corrected chi connectivity index (χ0v) is 15.5. The average molecular weight is 376 g/mol. The highest BCUT2D eigenvalue weighted by molar-refractivity contribution is 5.99. The van der Waals surface area contributed by atoms with Gasteiger partial charge >= 0.3 is 0 Å². The summed E-state index contributed by atoms with van der Waals surface area (Å²) in [5.41, 5.74) is 10.4. The van der Waals surface area contributed by atoms with Gasteiger partial charge in [-0.2, -0.15) is 5.10 Å². The molecule has 0 atom stereocenters. The maximum atomic E-state index is 5.88. The van der Waals surface area contributed by atoms with Crippen LogP contribution in [0.1, 0.15) is 0 Å². The minimum absolute atomic E-state index is 0.361. The van der Waals surface area contributed by atoms with Crippen LogP contribution in [0.5, 0.6) is 0 Å². The number of ether oxygens (including phenoxy) is 1. The Morgan fingerprint density at radius 2 is 2.00 bits per heavy atom. The molecule has 0 spiro atoms. The molecule has 4 aromatic heterocycles. The number of fused-ring (bicyclic) bond motifs is 2. The fourth-order valence-electron chi connectivity index (χ4n) is 3.55. The summed E-state index contributed by atoms with van der Waals surface area (Å²) in [6, 6.07) is 8.04. The number of nitrogens with two attached hydrogens (primary N) is 1. The van der Waals surface area contributed by atoms with Gasteiger partial charge in [-0.1, -0.05) is 0 Å². The van der Waals surface area contributed by atoms with Gasteiger partial charge in [0.15, 0.2) is 5.82 Å². The summed E-state index contributed by atoms with van der Waals surface area (Å²) in [7, 11) is 1.80. The molecule has 142 valence electrons. The molecule has 0 aliphatic carbocycles. The molecule has 0 aromatic carbocycles. The fraction of sp³-hybridized carbons (Fsp3) is 0.263. The Labute approximate surface area is 161 Å². The van der Waals surface area contributed by atoms with E-state index in [1.165, 1.54) is 0 Å². The van der Waals surface area contributed by atoms with E-state index >= 15 is 0 Å². The second-order valence-corrected chi connectivity index (χ2v) is 6.69. The number of hydrogen-bond acceptors (Lipinski definition) is 8. The van der Waals surface area contributed by atoms with E-state index in [4.69, 9.17) is 15.6 Å². The lowest BCUT2D eigenvalue weighted by atomic mass is 10.1. The third-order valence-corrected chi connectivity index (χ3v) is 4.98. The molecule has 0 saturated carbocycles. The summed E-state index contributed by atoms with van der Waals surface area (Å²) in [5, 5.41) is 16.9. The van der Waals surface area contributed by atoms with Crippen LogP contribution in [0.3, 0.4) is 0 Å². The Balaban J connectivity index is 1.62. The summed E-state index contributed by atoms with van der Waals surface area (Å²) in [6.45, 7) is 3.27. The first-order chi connectivity index (χ1) is 13.7. The van der Waals surface area contributed by atoms with Crippen LogP contribution < -0.4 is 16.0 Å². The minimum Gasteiger partial charge on any atom is -0.382 e. The molecular weight excluding hydrogens is 356 g/mol. The smallest absolute Gasteiger partial charge is 0.154 e. The molecule has 1 saturated heterocycles. The SMILES string of the molecule is CNc1ncc(-c2cc3ccc(N4CCOCC4)cn3n2)c2cc(N)nnc12. The first kappa shape index (κ1) is 16.7. The van der Waals surface area contributed by atoms with E-state index < -0.39 is 0 Å². The highest BCUT2D eigenvalue weighted by atomic mass is 16.5. The Morgan fingerprint density at radius 3 is 2.82 bits per heavy atom. The van der Waals surface area contributed by atoms with Crippen LogP contribution in [0.4, 0.5) is 17.3 Å². The molecule has 1 aliphatic rings. The molecule has 0 amide bonds. The number of hydrogen-bond donors (Lipinski definition) is 2. The van der Waals surface area contributed by atoms with Gasteiger partial charge in [0, 0.05) is 37.3 Å². The molecule has 5 heterocycles. The van der Waals surface area contributed by atoms with E-state index in [0.717, 1.165) is 54.2 Å². The predicted octanol–water partition coefficient (Wildman–Crippen LogP) is 1.80. The molecule has 0 bridgehead atoms. The number of nitrogens with one attached hydrogen (secondary N) is 1. The molecule has 0 radical (unpaired) electrons. The zero-order valence-electron chi connectivity index (χ0n) is 15.5. The van der Waals surface area contributed by atoms with Gasteiger partial charge in [0.05, 0.1) is 36.3 Å². The third-order valence-electron chi connectivity index (χ3n) is 4.98. The highest BCUT2D eigenvalue weighted by Gasteiger charge is 2.16. The summed E-state index contributed by atoms with van der Waals surface area (Å²) in [5.74, 6) is 1.02. The minimum atomic E-state index is 0.361. The van der Waals surface area contributed by atoms with Gasteiger partial charge in [-0.3, -0.25) is 0 Å². The molecular formula is C19H20N8O. The van der Waals surface area contributed by atoms with E-state index in [1.807, 2.05) is 16.6 Å². The van der Waals surface area contributed by atoms with Gasteiger partial charge in [0.1, 0.15) is 11.3 Å². The highest BCUT2D eigenvalue weighted by Crippen LogP contribution is 2.31. The molecule has 5 rings (SSSR count). The number of aromatic nitrogens is 5. The van der Waals surface area contributed by atoms with Crippen LogP contribution in [-0.2, 0) is 4.74 Å². The first-order valence-corrected chi connectivity index (χ1v) is 9.15. The number of nitrogen functional groups attached to an aromatic ring is 1. The van der Waals surface area contributed by atoms with Crippen molar-refractivity contribution in [1.29, 1.82) is 0 Å². The van der Waals surface area contributed by atoms with Crippen molar-refractivity contribution >= 4 is 33.7 Å². The molecule has 0 unspecified atom stereocenters. The van der Waals surface area contributed by atoms with Crippen LogP contribution in [0.25, 0.3) is 27.7 Å². The zero-order chi connectivity index (χ0) is 19.1. The van der Waals surface area contributed by atoms with Crippen LogP contribution >= 0.6 is 0 Å². The number of nitrogens with zero attached hydrogens (tertiary/aromatic N) is 6. The van der Waals surface area contributed by atoms with E-state index in [0.29, 0.717) is 17.2 Å². The second-order valence-electron chi connectivity index (χ2n) is 6.69. The van der Waals surface area contributed by atoms with Gasteiger partial charge in [0.25, 0.3) is 0 Å². The van der Waals surface area contributed by atoms with Gasteiger partial charge in [-0.05, 0) is 24.3 Å². The van der Waals surface area contributed by atoms with Crippen molar-refractivity contribution in [3.8, 4) is 11.3 Å². The van der Waals surface area contributed by atoms with Crippen molar-refractivity contribution < 1.29 is 4.74 Å². The molecule has 9 heteroatoms. The van der Waals surface area contributed by atoms with Crippen molar-refractivity contribution in [1.82, 2.24) is 24.8 Å². The normalized spacial score (nSPS) is 14.7. The summed E-state index contributed by atoms with van der Waals surface area (Å²) in [4.78, 5) is 6.77. The molecule has 1 fully saturated rings. The summed E-state index contributed by atoms with van der Waals surface area (Å²) < 4.78 is 7.34. The molecule has 9 nitrogen and oxygen atoms in total. The number of morpholine rings is 1. The largest absolute Gasteiger partial charge is 0.382 e. The van der Waals surface area contributed by atoms with E-state index in [9.17, 15) is 0 Å². The molecule has 3 N–H and O–H groups in total. The van der Waals surface area contributed by atoms with Gasteiger partial charge in [-0.25, -0.2) is 9.50 Å². The van der Waals surface area contributed by atoms with E-state index in [1.54, 1.807) is 13.2 Å². The Hall–Kier alpha value is -3.46. The standard InChI is InChI=1S/C19H20N8O/c1-21-19-18-14(9-17(20)23-24-18)15(10-22-19)16-8-12-2-3-13(11-27(12)25-16)26-4-6-28-7-5-26/h2-3,8-11H,4-7H2,1H3,(H2,20,23)(H,21,22). The fourth-order valence-corrected chi connectivity index (χ4v) is 3.55. The lowest BCUT2D eigenvalue weighted by molar-refractivity contribution is 0.122. The Morgan fingerprint density at radius 1 is 1.14 bits per heavy atom. The lowest BCUT2D eigenvalue weighted by Crippen LogP contribution is -2.36. The summed E-state index contributed by atoms with van der Waals surface area (Å²) in [6.07, 6.45) is 3.84. The monoisotopic (exact) mass is 376 g/mol. The third kappa shape index (κ3) is 2.76. The van der Waals surface area contributed by atoms with Crippen molar-refractivity contribution in [2.45, 2.75) is 0 Å². The number of pyridine rings is 2. The first-order valence-electron chi connectivity index (χ1n) is 9.15. The van der Waals surface area contributed by atoms with Crippen molar-refractivity contribution in [3.63, 3.8) is 0 Å². The Bertz CT molecular complexity index is 1170. The van der Waals surface area contributed by atoms with Crippen LogP contribution in [-0.4, -0.2) is 58.1 Å². The summed E-state index contributed by atoms with van der Waals surface area (Å²) >= 11 is 0. The lowest BCUT2D eigenvalue weighted by Gasteiger charge is -2.28. The van der Waals surface area contributed by atoms with Crippen molar-refractivity contribution in [2.75, 3.05) is 49.3 Å². The quantitative estimate of drug-likeness (QED) is 0.557. The molecule has 4 aromatic rings. The van der Waals surface area contributed by atoms with Crippen LogP contribution in [0.15, 0.2) is 36.7 Å². The maximum Gasteiger partial charge on any atom is 0.154 e. The van der Waals surface area contributed by atoms with Crippen LogP contribution in [0.2, 0.25) is 0 Å². The van der Waals surface area contributed by atoms with Gasteiger partial charge < -0.3 is 20.7 Å². The van der Waals surface area contributed by atoms with Crippen LogP contribution in [0, 0.1) is 0 Å². The van der Waals surface area contributed by atoms with E-state index in [2.05, 4.69) is 43.7 Å². The second kappa shape index (κ2) is 6.61. The number of anilines is 3. The molecule has 28 heavy (non-hydrogen) atoms.